The second-order valence-corrected chi connectivity index (χ2v) is 8.95. The molecular weight excluding hydrogens is 390 g/mol. The molecule has 2 aliphatic carbocycles. The second kappa shape index (κ2) is 9.57. The van der Waals surface area contributed by atoms with Gasteiger partial charge in [0.2, 0.25) is 5.91 Å². The van der Waals surface area contributed by atoms with Crippen LogP contribution < -0.4 is 5.32 Å². The second-order valence-electron chi connectivity index (χ2n) is 7.84. The van der Waals surface area contributed by atoms with Crippen molar-refractivity contribution in [3.05, 3.63) is 28.2 Å². The van der Waals surface area contributed by atoms with Gasteiger partial charge in [-0.15, -0.1) is 11.3 Å². The van der Waals surface area contributed by atoms with Crippen molar-refractivity contribution in [3.8, 4) is 0 Å². The van der Waals surface area contributed by atoms with Crippen molar-refractivity contribution >= 4 is 34.2 Å². The van der Waals surface area contributed by atoms with Crippen molar-refractivity contribution in [2.75, 3.05) is 11.9 Å². The maximum absolute atomic E-state index is 13.0. The highest BCUT2D eigenvalue weighted by Crippen LogP contribution is 2.41. The molecular formula is C22H29NO5S. The number of thiophene rings is 1. The molecule has 0 saturated carbocycles. The van der Waals surface area contributed by atoms with Crippen LogP contribution in [0.5, 0.6) is 0 Å². The Morgan fingerprint density at radius 1 is 1.21 bits per heavy atom. The minimum Gasteiger partial charge on any atom is -0.481 e. The van der Waals surface area contributed by atoms with Crippen molar-refractivity contribution in [1.82, 2.24) is 0 Å². The Morgan fingerprint density at radius 3 is 2.59 bits per heavy atom. The number of hydrogen-bond acceptors (Lipinski definition) is 5. The molecule has 0 saturated heterocycles. The largest absolute Gasteiger partial charge is 0.481 e. The molecule has 2 aliphatic rings. The topological polar surface area (TPSA) is 92.7 Å². The molecule has 158 valence electrons. The number of esters is 1. The molecule has 6 nitrogen and oxygen atoms in total. The normalized spacial score (nSPS) is 23.3. The number of carbonyl (C=O) groups excluding carboxylic acids is 2. The van der Waals surface area contributed by atoms with Crippen LogP contribution in [0.25, 0.3) is 0 Å². The molecule has 7 heteroatoms. The number of ether oxygens (including phenoxy) is 1. The van der Waals surface area contributed by atoms with E-state index in [0.717, 1.165) is 42.5 Å². The van der Waals surface area contributed by atoms with Crippen molar-refractivity contribution in [1.29, 1.82) is 0 Å². The van der Waals surface area contributed by atoms with Gasteiger partial charge in [0.25, 0.3) is 0 Å². The van der Waals surface area contributed by atoms with E-state index in [0.29, 0.717) is 35.9 Å². The summed E-state index contributed by atoms with van der Waals surface area (Å²) in [5.74, 6) is -2.49. The number of rotatable bonds is 7. The lowest BCUT2D eigenvalue weighted by Crippen LogP contribution is -2.34. The van der Waals surface area contributed by atoms with Crippen LogP contribution >= 0.6 is 11.3 Å². The van der Waals surface area contributed by atoms with Gasteiger partial charge in [0.05, 0.1) is 24.0 Å². The molecule has 0 bridgehead atoms. The fraction of sp³-hybridized carbons (Fsp3) is 0.591. The van der Waals surface area contributed by atoms with Crippen LogP contribution in [-0.4, -0.2) is 29.6 Å². The number of carboxylic acids is 1. The summed E-state index contributed by atoms with van der Waals surface area (Å²) in [6.45, 7) is 4.45. The Labute approximate surface area is 175 Å². The first kappa shape index (κ1) is 21.6. The van der Waals surface area contributed by atoms with Gasteiger partial charge in [0.15, 0.2) is 0 Å². The fourth-order valence-electron chi connectivity index (χ4n) is 4.16. The zero-order valence-electron chi connectivity index (χ0n) is 17.0. The SMILES string of the molecule is CCCOC(=O)c1c(NC(=O)C2CC=CCC2C(=O)O)sc2c1CCC(CC)C2. The van der Waals surface area contributed by atoms with Crippen LogP contribution in [0.3, 0.4) is 0 Å². The molecule has 3 unspecified atom stereocenters. The van der Waals surface area contributed by atoms with Crippen molar-refractivity contribution in [2.24, 2.45) is 17.8 Å². The Kier molecular flexibility index (Phi) is 7.11. The first-order valence-electron chi connectivity index (χ1n) is 10.5. The van der Waals surface area contributed by atoms with E-state index in [2.05, 4.69) is 12.2 Å². The number of carbonyl (C=O) groups is 3. The van der Waals surface area contributed by atoms with E-state index in [-0.39, 0.29) is 5.91 Å². The minimum atomic E-state index is -0.964. The fourth-order valence-corrected chi connectivity index (χ4v) is 5.51. The zero-order chi connectivity index (χ0) is 21.0. The van der Waals surface area contributed by atoms with Crippen molar-refractivity contribution < 1.29 is 24.2 Å². The van der Waals surface area contributed by atoms with Crippen LogP contribution in [0.15, 0.2) is 12.2 Å². The molecule has 0 aromatic carbocycles. The van der Waals surface area contributed by atoms with Crippen LogP contribution in [0.1, 0.15) is 66.8 Å². The predicted octanol–water partition coefficient (Wildman–Crippen LogP) is 4.44. The predicted molar refractivity (Wildman–Crippen MR) is 112 cm³/mol. The van der Waals surface area contributed by atoms with E-state index in [1.165, 1.54) is 11.3 Å². The molecule has 1 amide bonds. The van der Waals surface area contributed by atoms with Crippen LogP contribution in [-0.2, 0) is 27.2 Å². The van der Waals surface area contributed by atoms with Crippen molar-refractivity contribution in [3.63, 3.8) is 0 Å². The quantitative estimate of drug-likeness (QED) is 0.504. The highest BCUT2D eigenvalue weighted by molar-refractivity contribution is 7.17. The number of anilines is 1. The zero-order valence-corrected chi connectivity index (χ0v) is 17.8. The monoisotopic (exact) mass is 419 g/mol. The van der Waals surface area contributed by atoms with Crippen LogP contribution in [0.4, 0.5) is 5.00 Å². The van der Waals surface area contributed by atoms with Gasteiger partial charge in [-0.25, -0.2) is 4.79 Å². The average molecular weight is 420 g/mol. The Hall–Kier alpha value is -2.15. The average Bonchev–Trinajstić information content (AvgIpc) is 3.08. The molecule has 1 aromatic rings. The third-order valence-electron chi connectivity index (χ3n) is 5.91. The van der Waals surface area contributed by atoms with E-state index >= 15 is 0 Å². The summed E-state index contributed by atoms with van der Waals surface area (Å²) in [5.41, 5.74) is 1.47. The first-order valence-corrected chi connectivity index (χ1v) is 11.3. The van der Waals surface area contributed by atoms with E-state index in [1.54, 1.807) is 0 Å². The molecule has 3 atom stereocenters. The van der Waals surface area contributed by atoms with Gasteiger partial charge >= 0.3 is 11.9 Å². The van der Waals surface area contributed by atoms with Gasteiger partial charge in [-0.2, -0.15) is 0 Å². The van der Waals surface area contributed by atoms with Crippen LogP contribution in [0, 0.1) is 17.8 Å². The maximum atomic E-state index is 13.0. The Balaban J connectivity index is 1.88. The molecule has 0 aliphatic heterocycles. The number of fused-ring (bicyclic) bond motifs is 1. The number of allylic oxidation sites excluding steroid dienone is 2. The van der Waals surface area contributed by atoms with Crippen LogP contribution in [0.2, 0.25) is 0 Å². The summed E-state index contributed by atoms with van der Waals surface area (Å²) in [7, 11) is 0. The Morgan fingerprint density at radius 2 is 1.93 bits per heavy atom. The van der Waals surface area contributed by atoms with E-state index in [1.807, 2.05) is 19.1 Å². The molecule has 1 heterocycles. The third kappa shape index (κ3) is 4.71. The summed E-state index contributed by atoms with van der Waals surface area (Å²) in [4.78, 5) is 38.4. The number of carboxylic acid groups (broad SMARTS) is 1. The number of amides is 1. The van der Waals surface area contributed by atoms with Gasteiger partial charge in [-0.3, -0.25) is 9.59 Å². The van der Waals surface area contributed by atoms with Crippen molar-refractivity contribution in [2.45, 2.75) is 58.8 Å². The summed E-state index contributed by atoms with van der Waals surface area (Å²) in [6, 6.07) is 0. The highest BCUT2D eigenvalue weighted by Gasteiger charge is 2.36. The lowest BCUT2D eigenvalue weighted by molar-refractivity contribution is -0.146. The van der Waals surface area contributed by atoms with Gasteiger partial charge in [0.1, 0.15) is 5.00 Å². The summed E-state index contributed by atoms with van der Waals surface area (Å²) in [6.07, 6.45) is 8.95. The summed E-state index contributed by atoms with van der Waals surface area (Å²) >= 11 is 1.45. The van der Waals surface area contributed by atoms with Gasteiger partial charge in [-0.1, -0.05) is 32.4 Å². The Bertz CT molecular complexity index is 812. The standard InChI is InChI=1S/C22H29NO5S/c1-3-11-28-22(27)18-16-10-9-13(4-2)12-17(16)29-20(18)23-19(24)14-7-5-6-8-15(14)21(25)26/h5-6,13-15H,3-4,7-12H2,1-2H3,(H,23,24)(H,25,26). The lowest BCUT2D eigenvalue weighted by Gasteiger charge is -2.24. The molecule has 0 fully saturated rings. The molecule has 29 heavy (non-hydrogen) atoms. The molecule has 3 rings (SSSR count). The smallest absolute Gasteiger partial charge is 0.341 e. The van der Waals surface area contributed by atoms with E-state index in [4.69, 9.17) is 4.74 Å². The molecule has 1 aromatic heterocycles. The lowest BCUT2D eigenvalue weighted by atomic mass is 9.82. The van der Waals surface area contributed by atoms with Gasteiger partial charge in [-0.05, 0) is 50.0 Å². The van der Waals surface area contributed by atoms with Gasteiger partial charge < -0.3 is 15.2 Å². The van der Waals surface area contributed by atoms with E-state index in [9.17, 15) is 19.5 Å². The molecule has 0 spiro atoms. The van der Waals surface area contributed by atoms with Gasteiger partial charge in [0, 0.05) is 4.88 Å². The first-order chi connectivity index (χ1) is 14.0. The summed E-state index contributed by atoms with van der Waals surface area (Å²) < 4.78 is 5.39. The number of aliphatic carboxylic acids is 1. The van der Waals surface area contributed by atoms with E-state index < -0.39 is 23.8 Å². The summed E-state index contributed by atoms with van der Waals surface area (Å²) in [5, 5.41) is 12.9. The highest BCUT2D eigenvalue weighted by atomic mass is 32.1. The number of hydrogen-bond donors (Lipinski definition) is 2. The third-order valence-corrected chi connectivity index (χ3v) is 7.08. The molecule has 0 radical (unpaired) electrons. The maximum Gasteiger partial charge on any atom is 0.341 e. The minimum absolute atomic E-state index is 0.336. The number of nitrogens with one attached hydrogen (secondary N) is 1. The molecule has 2 N–H and O–H groups in total.